The number of hydrogen-bond acceptors (Lipinski definition) is 3. The average Bonchev–Trinajstić information content (AvgIpc) is 2.48. The van der Waals surface area contributed by atoms with Crippen LogP contribution in [0.4, 0.5) is 13.2 Å². The minimum Gasteiger partial charge on any atom is -0.335 e. The molecule has 24 heavy (non-hydrogen) atoms. The fourth-order valence-corrected chi connectivity index (χ4v) is 4.29. The predicted molar refractivity (Wildman–Crippen MR) is 81.9 cm³/mol. The Labute approximate surface area is 138 Å². The third-order valence-electron chi connectivity index (χ3n) is 3.98. The summed E-state index contributed by atoms with van der Waals surface area (Å²) in [5.74, 6) is -1.88. The van der Waals surface area contributed by atoms with Gasteiger partial charge in [0.15, 0.2) is 0 Å². The highest BCUT2D eigenvalue weighted by molar-refractivity contribution is 7.89. The van der Waals surface area contributed by atoms with E-state index in [9.17, 15) is 26.4 Å². The number of carbonyl (C=O) groups excluding carboxylic acids is 1. The van der Waals surface area contributed by atoms with E-state index in [1.165, 1.54) is 0 Å². The molecule has 0 spiro atoms. The second-order valence-electron chi connectivity index (χ2n) is 5.95. The number of amides is 1. The highest BCUT2D eigenvalue weighted by Gasteiger charge is 2.43. The van der Waals surface area contributed by atoms with Gasteiger partial charge in [0.05, 0.1) is 4.90 Å². The zero-order chi connectivity index (χ0) is 18.1. The molecule has 9 heteroatoms. The van der Waals surface area contributed by atoms with Crippen molar-refractivity contribution in [1.82, 2.24) is 9.62 Å². The molecule has 5 nitrogen and oxygen atoms in total. The van der Waals surface area contributed by atoms with Crippen LogP contribution in [0.1, 0.15) is 24.0 Å². The Morgan fingerprint density at radius 1 is 1.21 bits per heavy atom. The van der Waals surface area contributed by atoms with E-state index in [1.807, 2.05) is 0 Å². The van der Waals surface area contributed by atoms with Gasteiger partial charge in [0.25, 0.3) is 0 Å². The van der Waals surface area contributed by atoms with Crippen molar-refractivity contribution in [2.24, 2.45) is 0 Å². The predicted octanol–water partition coefficient (Wildman–Crippen LogP) is 2.14. The number of halogens is 3. The zero-order valence-electron chi connectivity index (χ0n) is 13.4. The summed E-state index contributed by atoms with van der Waals surface area (Å²) in [5, 5.41) is 0. The van der Waals surface area contributed by atoms with Crippen molar-refractivity contribution in [1.29, 1.82) is 0 Å². The van der Waals surface area contributed by atoms with Crippen molar-refractivity contribution in [3.05, 3.63) is 29.3 Å². The second kappa shape index (κ2) is 6.72. The van der Waals surface area contributed by atoms with Crippen molar-refractivity contribution in [2.75, 3.05) is 13.1 Å². The maximum absolute atomic E-state index is 12.5. The number of alkyl halides is 3. The maximum atomic E-state index is 12.5. The quantitative estimate of drug-likeness (QED) is 0.894. The zero-order valence-corrected chi connectivity index (χ0v) is 14.2. The summed E-state index contributed by atoms with van der Waals surface area (Å²) >= 11 is 0. The van der Waals surface area contributed by atoms with Crippen LogP contribution in [0.2, 0.25) is 0 Å². The third kappa shape index (κ3) is 4.27. The van der Waals surface area contributed by atoms with Gasteiger partial charge in [-0.1, -0.05) is 12.1 Å². The van der Waals surface area contributed by atoms with Crippen LogP contribution in [-0.4, -0.2) is 44.5 Å². The number of rotatable bonds is 3. The van der Waals surface area contributed by atoms with Crippen LogP contribution >= 0.6 is 0 Å². The van der Waals surface area contributed by atoms with Crippen molar-refractivity contribution in [2.45, 2.75) is 43.8 Å². The van der Waals surface area contributed by atoms with E-state index < -0.39 is 28.1 Å². The van der Waals surface area contributed by atoms with Gasteiger partial charge in [-0.3, -0.25) is 4.79 Å². The van der Waals surface area contributed by atoms with Gasteiger partial charge in [-0.2, -0.15) is 13.2 Å². The van der Waals surface area contributed by atoms with Gasteiger partial charge in [0, 0.05) is 19.1 Å². The SMILES string of the molecule is Cc1ccc(C)c(S(=O)(=O)NC2CCN(C(=O)C(F)(F)F)CC2)c1. The van der Waals surface area contributed by atoms with Crippen molar-refractivity contribution in [3.8, 4) is 0 Å². The van der Waals surface area contributed by atoms with E-state index >= 15 is 0 Å². The van der Waals surface area contributed by atoms with Gasteiger partial charge in [-0.15, -0.1) is 0 Å². The van der Waals surface area contributed by atoms with E-state index in [0.717, 1.165) is 5.56 Å². The van der Waals surface area contributed by atoms with Crippen LogP contribution < -0.4 is 4.72 Å². The lowest BCUT2D eigenvalue weighted by molar-refractivity contribution is -0.186. The van der Waals surface area contributed by atoms with Gasteiger partial charge >= 0.3 is 12.1 Å². The molecule has 1 heterocycles. The summed E-state index contributed by atoms with van der Waals surface area (Å²) < 4.78 is 64.7. The lowest BCUT2D eigenvalue weighted by Gasteiger charge is -2.32. The molecular formula is C15H19F3N2O3S. The standard InChI is InChI=1S/C15H19F3N2O3S/c1-10-3-4-11(2)13(9-10)24(22,23)19-12-5-7-20(8-6-12)14(21)15(16,17)18/h3-4,9,12,19H,5-8H2,1-2H3. The van der Waals surface area contributed by atoms with Crippen molar-refractivity contribution in [3.63, 3.8) is 0 Å². The number of hydrogen-bond donors (Lipinski definition) is 1. The monoisotopic (exact) mass is 364 g/mol. The first kappa shape index (κ1) is 18.7. The fraction of sp³-hybridized carbons (Fsp3) is 0.533. The number of aryl methyl sites for hydroxylation is 2. The Hall–Kier alpha value is -1.61. The molecule has 1 amide bonds. The van der Waals surface area contributed by atoms with Crippen LogP contribution in [-0.2, 0) is 14.8 Å². The van der Waals surface area contributed by atoms with Crippen LogP contribution in [0.3, 0.4) is 0 Å². The van der Waals surface area contributed by atoms with Gasteiger partial charge in [-0.05, 0) is 43.9 Å². The van der Waals surface area contributed by atoms with Crippen LogP contribution in [0.15, 0.2) is 23.1 Å². The first-order chi connectivity index (χ1) is 11.0. The van der Waals surface area contributed by atoms with Gasteiger partial charge in [0.1, 0.15) is 0 Å². The summed E-state index contributed by atoms with van der Waals surface area (Å²) in [5.41, 5.74) is 1.39. The van der Waals surface area contributed by atoms with E-state index in [2.05, 4.69) is 4.72 Å². The van der Waals surface area contributed by atoms with Gasteiger partial charge in [-0.25, -0.2) is 13.1 Å². The lowest BCUT2D eigenvalue weighted by Crippen LogP contribution is -2.50. The molecule has 1 aliphatic heterocycles. The molecule has 2 rings (SSSR count). The molecule has 0 atom stereocenters. The number of likely N-dealkylation sites (tertiary alicyclic amines) is 1. The first-order valence-electron chi connectivity index (χ1n) is 7.46. The normalized spacial score (nSPS) is 17.1. The summed E-state index contributed by atoms with van der Waals surface area (Å²) in [4.78, 5) is 12.1. The number of carbonyl (C=O) groups is 1. The molecule has 0 bridgehead atoms. The molecule has 0 aromatic heterocycles. The van der Waals surface area contributed by atoms with Crippen molar-refractivity contribution < 1.29 is 26.4 Å². The molecule has 134 valence electrons. The Kier molecular flexibility index (Phi) is 5.24. The molecule has 0 radical (unpaired) electrons. The summed E-state index contributed by atoms with van der Waals surface area (Å²) in [6.45, 7) is 3.20. The molecule has 1 N–H and O–H groups in total. The maximum Gasteiger partial charge on any atom is 0.471 e. The largest absolute Gasteiger partial charge is 0.471 e. The van der Waals surface area contributed by atoms with Gasteiger partial charge in [0.2, 0.25) is 10.0 Å². The first-order valence-corrected chi connectivity index (χ1v) is 8.95. The van der Waals surface area contributed by atoms with E-state index in [0.29, 0.717) is 10.5 Å². The summed E-state index contributed by atoms with van der Waals surface area (Å²) in [6.07, 6.45) is -4.61. The lowest BCUT2D eigenvalue weighted by atomic mass is 10.1. The molecule has 1 saturated heterocycles. The Morgan fingerprint density at radius 2 is 1.79 bits per heavy atom. The summed E-state index contributed by atoms with van der Waals surface area (Å²) in [7, 11) is -3.75. The average molecular weight is 364 g/mol. The minimum atomic E-state index is -4.90. The van der Waals surface area contributed by atoms with E-state index in [-0.39, 0.29) is 30.8 Å². The molecule has 0 unspecified atom stereocenters. The molecule has 0 aliphatic carbocycles. The molecule has 1 aromatic carbocycles. The van der Waals surface area contributed by atoms with E-state index in [1.54, 1.807) is 32.0 Å². The Morgan fingerprint density at radius 3 is 2.33 bits per heavy atom. The Balaban J connectivity index is 2.03. The van der Waals surface area contributed by atoms with E-state index in [4.69, 9.17) is 0 Å². The van der Waals surface area contributed by atoms with Crippen LogP contribution in [0, 0.1) is 13.8 Å². The van der Waals surface area contributed by atoms with Crippen LogP contribution in [0.25, 0.3) is 0 Å². The Bertz CT molecular complexity index is 724. The highest BCUT2D eigenvalue weighted by Crippen LogP contribution is 2.23. The minimum absolute atomic E-state index is 0.127. The number of benzene rings is 1. The third-order valence-corrected chi connectivity index (χ3v) is 5.64. The van der Waals surface area contributed by atoms with Crippen molar-refractivity contribution >= 4 is 15.9 Å². The molecule has 1 aliphatic rings. The molecule has 0 saturated carbocycles. The van der Waals surface area contributed by atoms with Crippen LogP contribution in [0.5, 0.6) is 0 Å². The molecule has 1 aromatic rings. The van der Waals surface area contributed by atoms with Gasteiger partial charge < -0.3 is 4.90 Å². The second-order valence-corrected chi connectivity index (χ2v) is 7.64. The number of piperidine rings is 1. The number of sulfonamides is 1. The molecule has 1 fully saturated rings. The summed E-state index contributed by atoms with van der Waals surface area (Å²) in [6, 6.07) is 4.57. The number of nitrogens with one attached hydrogen (secondary N) is 1. The highest BCUT2D eigenvalue weighted by atomic mass is 32.2. The molecular weight excluding hydrogens is 345 g/mol. The number of nitrogens with zero attached hydrogens (tertiary/aromatic N) is 1. The topological polar surface area (TPSA) is 66.5 Å². The fourth-order valence-electron chi connectivity index (χ4n) is 2.66. The smallest absolute Gasteiger partial charge is 0.335 e.